The molecule has 1 aromatic heterocycles. The van der Waals surface area contributed by atoms with Crippen LogP contribution in [0, 0.1) is 6.92 Å². The molecule has 1 aromatic rings. The first kappa shape index (κ1) is 26.8. The van der Waals surface area contributed by atoms with E-state index in [1.54, 1.807) is 0 Å². The summed E-state index contributed by atoms with van der Waals surface area (Å²) < 4.78 is 6.13. The van der Waals surface area contributed by atoms with Crippen LogP contribution < -0.4 is 0 Å². The van der Waals surface area contributed by atoms with Crippen LogP contribution in [0.4, 0.5) is 0 Å². The van der Waals surface area contributed by atoms with Crippen molar-refractivity contribution in [1.29, 1.82) is 0 Å². The predicted octanol–water partition coefficient (Wildman–Crippen LogP) is 8.80. The molecule has 1 rings (SSSR count). The first-order chi connectivity index (χ1) is 14.6. The Hall–Kier alpha value is -1.25. The molecule has 0 amide bonds. The van der Waals surface area contributed by atoms with Gasteiger partial charge in [-0.25, -0.2) is 0 Å². The molecule has 0 unspecified atom stereocenters. The molecule has 0 saturated heterocycles. The number of hydrogen-bond donors (Lipinski definition) is 1. The summed E-state index contributed by atoms with van der Waals surface area (Å²) in [7, 11) is 0. The van der Waals surface area contributed by atoms with Crippen LogP contribution in [0.25, 0.3) is 0 Å². The number of carboxylic acids is 1. The van der Waals surface area contributed by atoms with E-state index < -0.39 is 5.97 Å². The van der Waals surface area contributed by atoms with Crippen LogP contribution in [0.3, 0.4) is 0 Å². The van der Waals surface area contributed by atoms with Crippen LogP contribution in [0.2, 0.25) is 0 Å². The molecule has 0 aromatic carbocycles. The van der Waals surface area contributed by atoms with Gasteiger partial charge < -0.3 is 9.52 Å². The van der Waals surface area contributed by atoms with E-state index in [1.807, 2.05) is 0 Å². The lowest BCUT2D eigenvalue weighted by molar-refractivity contribution is -0.137. The lowest BCUT2D eigenvalue weighted by Crippen LogP contribution is -1.93. The zero-order valence-corrected chi connectivity index (χ0v) is 20.0. The molecule has 0 aliphatic carbocycles. The van der Waals surface area contributed by atoms with Crippen molar-refractivity contribution in [3.8, 4) is 0 Å². The molecule has 3 heteroatoms. The highest BCUT2D eigenvalue weighted by Crippen LogP contribution is 2.20. The molecule has 30 heavy (non-hydrogen) atoms. The average Bonchev–Trinajstić information content (AvgIpc) is 3.07. The number of hydrogen-bond acceptors (Lipinski definition) is 2. The summed E-state index contributed by atoms with van der Waals surface area (Å²) >= 11 is 0. The second kappa shape index (κ2) is 18.5. The lowest BCUT2D eigenvalue weighted by atomic mass is 10.0. The fraction of sp³-hybridized carbons (Fsp3) is 0.815. The summed E-state index contributed by atoms with van der Waals surface area (Å²) in [5.74, 6) is 1.75. The molecular formula is C27H48O3. The summed E-state index contributed by atoms with van der Waals surface area (Å²) in [6.45, 7) is 4.47. The van der Waals surface area contributed by atoms with Gasteiger partial charge in [-0.05, 0) is 37.8 Å². The van der Waals surface area contributed by atoms with Gasteiger partial charge in [0.15, 0.2) is 0 Å². The van der Waals surface area contributed by atoms with Gasteiger partial charge in [-0.2, -0.15) is 0 Å². The number of aryl methyl sites for hydroxylation is 3. The zero-order chi connectivity index (χ0) is 21.9. The minimum atomic E-state index is -0.663. The quantitative estimate of drug-likeness (QED) is 0.202. The van der Waals surface area contributed by atoms with E-state index in [9.17, 15) is 4.79 Å². The van der Waals surface area contributed by atoms with E-state index in [1.165, 1.54) is 113 Å². The van der Waals surface area contributed by atoms with E-state index in [0.717, 1.165) is 25.7 Å². The second-order valence-corrected chi connectivity index (χ2v) is 9.12. The molecule has 0 fully saturated rings. The number of carboxylic acid groups (broad SMARTS) is 1. The minimum Gasteiger partial charge on any atom is -0.481 e. The van der Waals surface area contributed by atoms with Crippen LogP contribution in [0.15, 0.2) is 10.5 Å². The van der Waals surface area contributed by atoms with Crippen molar-refractivity contribution in [2.75, 3.05) is 0 Å². The molecule has 0 bridgehead atoms. The molecule has 0 aliphatic rings. The Morgan fingerprint density at radius 1 is 0.733 bits per heavy atom. The maximum Gasteiger partial charge on any atom is 0.303 e. The lowest BCUT2D eigenvalue weighted by Gasteiger charge is -2.02. The molecule has 0 aliphatic heterocycles. The maximum absolute atomic E-state index is 10.5. The smallest absolute Gasteiger partial charge is 0.303 e. The fourth-order valence-corrected chi connectivity index (χ4v) is 4.19. The number of furan rings is 1. The molecule has 0 saturated carbocycles. The summed E-state index contributed by atoms with van der Waals surface area (Å²) in [6.07, 6.45) is 24.1. The monoisotopic (exact) mass is 420 g/mol. The van der Waals surface area contributed by atoms with Crippen molar-refractivity contribution in [2.45, 2.75) is 142 Å². The maximum atomic E-state index is 10.5. The number of rotatable bonds is 21. The molecule has 0 radical (unpaired) electrons. The normalized spacial score (nSPS) is 11.3. The third-order valence-corrected chi connectivity index (χ3v) is 6.14. The largest absolute Gasteiger partial charge is 0.481 e. The zero-order valence-electron chi connectivity index (χ0n) is 20.0. The first-order valence-corrected chi connectivity index (χ1v) is 12.9. The summed E-state index contributed by atoms with van der Waals surface area (Å²) in [5, 5.41) is 8.61. The van der Waals surface area contributed by atoms with Gasteiger partial charge in [0, 0.05) is 19.3 Å². The minimum absolute atomic E-state index is 0.329. The third-order valence-electron chi connectivity index (χ3n) is 6.14. The van der Waals surface area contributed by atoms with Gasteiger partial charge in [0.25, 0.3) is 0 Å². The van der Waals surface area contributed by atoms with Crippen LogP contribution in [-0.2, 0) is 17.6 Å². The highest BCUT2D eigenvalue weighted by molar-refractivity contribution is 5.66. The van der Waals surface area contributed by atoms with E-state index >= 15 is 0 Å². The highest BCUT2D eigenvalue weighted by atomic mass is 16.4. The Labute approximate surface area is 186 Å². The van der Waals surface area contributed by atoms with Gasteiger partial charge in [-0.3, -0.25) is 4.79 Å². The molecule has 0 atom stereocenters. The third kappa shape index (κ3) is 14.7. The van der Waals surface area contributed by atoms with Crippen LogP contribution in [-0.4, -0.2) is 11.1 Å². The molecule has 1 heterocycles. The van der Waals surface area contributed by atoms with Crippen molar-refractivity contribution in [1.82, 2.24) is 0 Å². The van der Waals surface area contributed by atoms with E-state index in [-0.39, 0.29) is 0 Å². The van der Waals surface area contributed by atoms with E-state index in [0.29, 0.717) is 6.42 Å². The molecular weight excluding hydrogens is 372 g/mol. The van der Waals surface area contributed by atoms with Gasteiger partial charge in [0.05, 0.1) is 0 Å². The second-order valence-electron chi connectivity index (χ2n) is 9.12. The standard InChI is InChI=1S/C27H48O3/c1-3-4-5-6-11-15-18-21-26-24(2)23-25(30-26)20-17-14-12-9-7-8-10-13-16-19-22-27(28)29/h23H,3-22H2,1-2H3,(H,28,29). The Balaban J connectivity index is 1.96. The molecule has 1 N–H and O–H groups in total. The van der Waals surface area contributed by atoms with Gasteiger partial charge in [0.2, 0.25) is 0 Å². The van der Waals surface area contributed by atoms with Crippen molar-refractivity contribution in [3.05, 3.63) is 23.2 Å². The van der Waals surface area contributed by atoms with Gasteiger partial charge >= 0.3 is 5.97 Å². The van der Waals surface area contributed by atoms with Crippen molar-refractivity contribution in [3.63, 3.8) is 0 Å². The molecule has 0 spiro atoms. The highest BCUT2D eigenvalue weighted by Gasteiger charge is 2.07. The fourth-order valence-electron chi connectivity index (χ4n) is 4.19. The van der Waals surface area contributed by atoms with Gasteiger partial charge in [0.1, 0.15) is 11.5 Å². The van der Waals surface area contributed by atoms with E-state index in [2.05, 4.69) is 19.9 Å². The van der Waals surface area contributed by atoms with Gasteiger partial charge in [-0.15, -0.1) is 0 Å². The number of unbranched alkanes of at least 4 members (excludes halogenated alkanes) is 15. The van der Waals surface area contributed by atoms with Crippen molar-refractivity contribution >= 4 is 5.97 Å². The summed E-state index contributed by atoms with van der Waals surface area (Å²) in [4.78, 5) is 10.5. The Morgan fingerprint density at radius 3 is 1.73 bits per heavy atom. The first-order valence-electron chi connectivity index (χ1n) is 12.9. The van der Waals surface area contributed by atoms with Crippen molar-refractivity contribution < 1.29 is 14.3 Å². The van der Waals surface area contributed by atoms with Gasteiger partial charge in [-0.1, -0.05) is 96.8 Å². The Bertz CT molecular complexity index is 532. The van der Waals surface area contributed by atoms with Crippen LogP contribution >= 0.6 is 0 Å². The topological polar surface area (TPSA) is 50.4 Å². The number of aliphatic carboxylic acids is 1. The predicted molar refractivity (Wildman–Crippen MR) is 127 cm³/mol. The average molecular weight is 421 g/mol. The SMILES string of the molecule is CCCCCCCCCc1oc(CCCCCCCCCCCCC(=O)O)cc1C. The Kier molecular flexibility index (Phi) is 16.5. The summed E-state index contributed by atoms with van der Waals surface area (Å²) in [5.41, 5.74) is 1.35. The van der Waals surface area contributed by atoms with Crippen LogP contribution in [0.1, 0.15) is 140 Å². The number of carbonyl (C=O) groups is 1. The summed E-state index contributed by atoms with van der Waals surface area (Å²) in [6, 6.07) is 2.26. The molecule has 3 nitrogen and oxygen atoms in total. The van der Waals surface area contributed by atoms with Crippen molar-refractivity contribution in [2.24, 2.45) is 0 Å². The van der Waals surface area contributed by atoms with Crippen LogP contribution in [0.5, 0.6) is 0 Å². The van der Waals surface area contributed by atoms with E-state index in [4.69, 9.17) is 9.52 Å². The Morgan fingerprint density at radius 2 is 1.20 bits per heavy atom. The molecule has 174 valence electrons.